The SMILES string of the molecule is CC#CC(=O)Nc1scc2c1c(=O)oc1ccccc12. The normalized spacial score (nSPS) is 10.2. The second-order valence-electron chi connectivity index (χ2n) is 4.07. The van der Waals surface area contributed by atoms with E-state index >= 15 is 0 Å². The first-order chi connectivity index (χ1) is 9.70. The number of benzene rings is 1. The van der Waals surface area contributed by atoms with E-state index in [1.807, 2.05) is 23.6 Å². The number of carbonyl (C=O) groups excluding carboxylic acids is 1. The van der Waals surface area contributed by atoms with Crippen molar-refractivity contribution in [3.05, 3.63) is 40.1 Å². The standard InChI is InChI=1S/C15H9NO3S/c1-2-5-12(17)16-14-13-10(8-20-14)9-6-3-4-7-11(9)19-15(13)18/h3-4,6-8H,1H3,(H,16,17). The van der Waals surface area contributed by atoms with Crippen molar-refractivity contribution in [2.24, 2.45) is 0 Å². The molecule has 1 aromatic carbocycles. The Balaban J connectivity index is 2.26. The molecule has 3 rings (SSSR count). The highest BCUT2D eigenvalue weighted by Crippen LogP contribution is 2.33. The van der Waals surface area contributed by atoms with E-state index < -0.39 is 11.5 Å². The Bertz CT molecular complexity index is 940. The summed E-state index contributed by atoms with van der Waals surface area (Å²) in [6.07, 6.45) is 0. The van der Waals surface area contributed by atoms with Crippen LogP contribution < -0.4 is 10.9 Å². The third-order valence-electron chi connectivity index (χ3n) is 2.84. The maximum Gasteiger partial charge on any atom is 0.347 e. The molecule has 4 nitrogen and oxygen atoms in total. The Morgan fingerprint density at radius 1 is 1.30 bits per heavy atom. The lowest BCUT2D eigenvalue weighted by Crippen LogP contribution is -2.09. The maximum atomic E-state index is 12.1. The molecule has 5 heteroatoms. The highest BCUT2D eigenvalue weighted by atomic mass is 32.1. The number of rotatable bonds is 1. The van der Waals surface area contributed by atoms with Crippen LogP contribution in [0.15, 0.2) is 38.9 Å². The highest BCUT2D eigenvalue weighted by molar-refractivity contribution is 7.16. The molecule has 1 N–H and O–H groups in total. The van der Waals surface area contributed by atoms with Crippen LogP contribution in [0.25, 0.3) is 21.7 Å². The van der Waals surface area contributed by atoms with E-state index in [2.05, 4.69) is 17.2 Å². The van der Waals surface area contributed by atoms with Gasteiger partial charge < -0.3 is 9.73 Å². The van der Waals surface area contributed by atoms with Crippen LogP contribution in [-0.4, -0.2) is 5.91 Å². The van der Waals surface area contributed by atoms with E-state index in [9.17, 15) is 9.59 Å². The Kier molecular flexibility index (Phi) is 3.01. The molecule has 0 aliphatic rings. The van der Waals surface area contributed by atoms with Crippen molar-refractivity contribution < 1.29 is 9.21 Å². The van der Waals surface area contributed by atoms with Gasteiger partial charge in [-0.2, -0.15) is 0 Å². The number of nitrogens with one attached hydrogen (secondary N) is 1. The molecular formula is C15H9NO3S. The predicted octanol–water partition coefficient (Wildman–Crippen LogP) is 2.97. The second kappa shape index (κ2) is 4.83. The van der Waals surface area contributed by atoms with E-state index in [0.717, 1.165) is 10.8 Å². The van der Waals surface area contributed by atoms with Gasteiger partial charge in [-0.15, -0.1) is 11.3 Å². The molecule has 1 amide bonds. The van der Waals surface area contributed by atoms with Crippen LogP contribution in [0, 0.1) is 11.8 Å². The number of thiophene rings is 1. The molecule has 0 radical (unpaired) electrons. The number of hydrogen-bond donors (Lipinski definition) is 1. The van der Waals surface area contributed by atoms with Crippen LogP contribution in [0.2, 0.25) is 0 Å². The first kappa shape index (κ1) is 12.5. The molecule has 0 saturated heterocycles. The lowest BCUT2D eigenvalue weighted by Gasteiger charge is -2.00. The van der Waals surface area contributed by atoms with Crippen molar-refractivity contribution in [2.75, 3.05) is 5.32 Å². The predicted molar refractivity (Wildman–Crippen MR) is 79.9 cm³/mol. The van der Waals surface area contributed by atoms with E-state index in [4.69, 9.17) is 4.42 Å². The van der Waals surface area contributed by atoms with Gasteiger partial charge in [0.1, 0.15) is 16.0 Å². The summed E-state index contributed by atoms with van der Waals surface area (Å²) in [6, 6.07) is 7.31. The second-order valence-corrected chi connectivity index (χ2v) is 4.95. The average molecular weight is 283 g/mol. The molecule has 0 fully saturated rings. The van der Waals surface area contributed by atoms with Gasteiger partial charge in [0.2, 0.25) is 0 Å². The van der Waals surface area contributed by atoms with Crippen LogP contribution >= 0.6 is 11.3 Å². The summed E-state index contributed by atoms with van der Waals surface area (Å²) in [5.41, 5.74) is 0.0775. The van der Waals surface area contributed by atoms with Gasteiger partial charge in [-0.25, -0.2) is 4.79 Å². The van der Waals surface area contributed by atoms with Gasteiger partial charge >= 0.3 is 11.5 Å². The van der Waals surface area contributed by atoms with Crippen molar-refractivity contribution in [2.45, 2.75) is 6.92 Å². The zero-order chi connectivity index (χ0) is 14.1. The molecule has 3 aromatic rings. The minimum Gasteiger partial charge on any atom is -0.422 e. The lowest BCUT2D eigenvalue weighted by atomic mass is 10.1. The van der Waals surface area contributed by atoms with Crippen LogP contribution in [0.3, 0.4) is 0 Å². The zero-order valence-corrected chi connectivity index (χ0v) is 11.3. The number of para-hydroxylation sites is 1. The summed E-state index contributed by atoms with van der Waals surface area (Å²) >= 11 is 1.29. The highest BCUT2D eigenvalue weighted by Gasteiger charge is 2.14. The molecule has 20 heavy (non-hydrogen) atoms. The van der Waals surface area contributed by atoms with Gasteiger partial charge in [0.05, 0.1) is 0 Å². The summed E-state index contributed by atoms with van der Waals surface area (Å²) in [5.74, 6) is 4.45. The Labute approximate surface area is 118 Å². The van der Waals surface area contributed by atoms with E-state index in [1.54, 1.807) is 13.0 Å². The van der Waals surface area contributed by atoms with Crippen LogP contribution in [-0.2, 0) is 4.79 Å². The van der Waals surface area contributed by atoms with Crippen LogP contribution in [0.1, 0.15) is 6.92 Å². The summed E-state index contributed by atoms with van der Waals surface area (Å²) in [6.45, 7) is 1.58. The minimum atomic E-state index is -0.459. The summed E-state index contributed by atoms with van der Waals surface area (Å²) < 4.78 is 5.28. The molecule has 0 atom stereocenters. The molecule has 2 aromatic heterocycles. The fourth-order valence-corrected chi connectivity index (χ4v) is 2.97. The third kappa shape index (κ3) is 1.96. The minimum absolute atomic E-state index is 0.389. The summed E-state index contributed by atoms with van der Waals surface area (Å²) in [7, 11) is 0. The van der Waals surface area contributed by atoms with Crippen molar-refractivity contribution in [3.8, 4) is 11.8 Å². The summed E-state index contributed by atoms with van der Waals surface area (Å²) in [5, 5.41) is 6.93. The van der Waals surface area contributed by atoms with Gasteiger partial charge in [-0.05, 0) is 18.9 Å². The summed E-state index contributed by atoms with van der Waals surface area (Å²) in [4.78, 5) is 23.6. The molecule has 0 unspecified atom stereocenters. The van der Waals surface area contributed by atoms with Gasteiger partial charge in [0, 0.05) is 16.2 Å². The molecule has 0 spiro atoms. The van der Waals surface area contributed by atoms with Gasteiger partial charge in [-0.3, -0.25) is 4.79 Å². The fraction of sp³-hybridized carbons (Fsp3) is 0.0667. The van der Waals surface area contributed by atoms with Crippen molar-refractivity contribution in [1.82, 2.24) is 0 Å². The van der Waals surface area contributed by atoms with E-state index in [0.29, 0.717) is 16.0 Å². The monoisotopic (exact) mass is 283 g/mol. The first-order valence-corrected chi connectivity index (χ1v) is 6.75. The molecule has 0 aliphatic heterocycles. The number of amides is 1. The Morgan fingerprint density at radius 2 is 2.10 bits per heavy atom. The lowest BCUT2D eigenvalue weighted by molar-refractivity contribution is -0.111. The fourth-order valence-electron chi connectivity index (χ4n) is 2.03. The number of anilines is 1. The van der Waals surface area contributed by atoms with Crippen molar-refractivity contribution in [1.29, 1.82) is 0 Å². The van der Waals surface area contributed by atoms with Crippen molar-refractivity contribution in [3.63, 3.8) is 0 Å². The Morgan fingerprint density at radius 3 is 2.90 bits per heavy atom. The molecule has 2 heterocycles. The number of carbonyl (C=O) groups is 1. The number of fused-ring (bicyclic) bond motifs is 3. The molecule has 98 valence electrons. The molecule has 0 saturated carbocycles. The smallest absolute Gasteiger partial charge is 0.347 e. The van der Waals surface area contributed by atoms with Crippen LogP contribution in [0.5, 0.6) is 0 Å². The molecule has 0 aliphatic carbocycles. The van der Waals surface area contributed by atoms with Gasteiger partial charge in [0.15, 0.2) is 0 Å². The Hall–Kier alpha value is -2.58. The largest absolute Gasteiger partial charge is 0.422 e. The average Bonchev–Trinajstić information content (AvgIpc) is 2.84. The topological polar surface area (TPSA) is 59.3 Å². The van der Waals surface area contributed by atoms with Gasteiger partial charge in [-0.1, -0.05) is 24.1 Å². The first-order valence-electron chi connectivity index (χ1n) is 5.87. The quantitative estimate of drug-likeness (QED) is 0.551. The van der Waals surface area contributed by atoms with Crippen molar-refractivity contribution >= 4 is 44.0 Å². The molecular weight excluding hydrogens is 274 g/mol. The third-order valence-corrected chi connectivity index (χ3v) is 3.74. The van der Waals surface area contributed by atoms with Crippen LogP contribution in [0.4, 0.5) is 5.00 Å². The van der Waals surface area contributed by atoms with E-state index in [-0.39, 0.29) is 0 Å². The van der Waals surface area contributed by atoms with Gasteiger partial charge in [0.25, 0.3) is 0 Å². The van der Waals surface area contributed by atoms with E-state index in [1.165, 1.54) is 11.3 Å². The zero-order valence-electron chi connectivity index (χ0n) is 10.5. The number of hydrogen-bond acceptors (Lipinski definition) is 4. The molecule has 0 bridgehead atoms. The maximum absolute atomic E-state index is 12.1.